The number of rotatable bonds is 6. The topological polar surface area (TPSA) is 49.4 Å². The van der Waals surface area contributed by atoms with Crippen LogP contribution in [0.5, 0.6) is 0 Å². The number of nitrogens with one attached hydrogen (secondary N) is 1. The molecular weight excluding hydrogens is 276 g/mol. The Bertz CT molecular complexity index is 423. The molecule has 126 valence electrons. The number of carbonyl (C=O) groups excluding carboxylic acids is 2. The number of hydrogen-bond donors (Lipinski definition) is 1. The van der Waals surface area contributed by atoms with Crippen LogP contribution in [-0.2, 0) is 9.59 Å². The van der Waals surface area contributed by atoms with E-state index in [1.54, 1.807) is 0 Å². The van der Waals surface area contributed by atoms with Gasteiger partial charge >= 0.3 is 0 Å². The minimum absolute atomic E-state index is 0.126. The number of Topliss-reactive ketones (excluding diaryl/α,β-unsaturated/α-hetero) is 1. The summed E-state index contributed by atoms with van der Waals surface area (Å²) in [6.07, 6.45) is 4.65. The first-order valence-corrected chi connectivity index (χ1v) is 8.70. The molecule has 1 atom stereocenters. The number of ketones is 1. The van der Waals surface area contributed by atoms with Crippen molar-refractivity contribution in [3.8, 4) is 0 Å². The molecule has 0 bridgehead atoms. The van der Waals surface area contributed by atoms with Gasteiger partial charge in [0.15, 0.2) is 5.78 Å². The summed E-state index contributed by atoms with van der Waals surface area (Å²) >= 11 is 0. The van der Waals surface area contributed by atoms with Crippen molar-refractivity contribution in [3.63, 3.8) is 0 Å². The number of allylic oxidation sites excluding steroid dienone is 2. The maximum atomic E-state index is 12.7. The van der Waals surface area contributed by atoms with Crippen LogP contribution in [0.2, 0.25) is 0 Å². The molecule has 1 saturated carbocycles. The van der Waals surface area contributed by atoms with Crippen molar-refractivity contribution in [3.05, 3.63) is 11.3 Å². The predicted molar refractivity (Wildman–Crippen MR) is 90.5 cm³/mol. The van der Waals surface area contributed by atoms with E-state index in [4.69, 9.17) is 0 Å². The Hall–Kier alpha value is -1.32. The second-order valence-corrected chi connectivity index (χ2v) is 6.46. The average Bonchev–Trinajstić information content (AvgIpc) is 2.69. The summed E-state index contributed by atoms with van der Waals surface area (Å²) in [6, 6.07) is -0.261. The third-order valence-electron chi connectivity index (χ3n) is 4.50. The summed E-state index contributed by atoms with van der Waals surface area (Å²) in [4.78, 5) is 26.8. The second-order valence-electron chi connectivity index (χ2n) is 6.46. The quantitative estimate of drug-likeness (QED) is 0.605. The summed E-state index contributed by atoms with van der Waals surface area (Å²) in [7, 11) is 0. The lowest BCUT2D eigenvalue weighted by atomic mass is 9.99. The van der Waals surface area contributed by atoms with Gasteiger partial charge in [-0.25, -0.2) is 0 Å². The van der Waals surface area contributed by atoms with Crippen molar-refractivity contribution in [1.82, 2.24) is 10.2 Å². The van der Waals surface area contributed by atoms with Crippen LogP contribution in [0, 0.1) is 5.92 Å². The normalized spacial score (nSPS) is 19.6. The molecule has 1 fully saturated rings. The zero-order valence-corrected chi connectivity index (χ0v) is 14.9. The van der Waals surface area contributed by atoms with Gasteiger partial charge in [0.25, 0.3) is 0 Å². The van der Waals surface area contributed by atoms with Crippen LogP contribution in [0.25, 0.3) is 0 Å². The minimum Gasteiger partial charge on any atom is -0.377 e. The molecule has 0 aromatic heterocycles. The second kappa shape index (κ2) is 8.96. The van der Waals surface area contributed by atoms with E-state index < -0.39 is 0 Å². The van der Waals surface area contributed by atoms with E-state index in [0.717, 1.165) is 50.0 Å². The van der Waals surface area contributed by atoms with Crippen LogP contribution >= 0.6 is 0 Å². The van der Waals surface area contributed by atoms with E-state index in [2.05, 4.69) is 5.32 Å². The third-order valence-corrected chi connectivity index (χ3v) is 4.50. The van der Waals surface area contributed by atoms with Gasteiger partial charge in [-0.2, -0.15) is 0 Å². The summed E-state index contributed by atoms with van der Waals surface area (Å²) in [5.74, 6) is 0.561. The zero-order chi connectivity index (χ0) is 16.7. The molecular formula is C18H32N2O2. The molecule has 1 aliphatic rings. The van der Waals surface area contributed by atoms with Crippen molar-refractivity contribution in [1.29, 1.82) is 0 Å². The fourth-order valence-electron chi connectivity index (χ4n) is 3.02. The van der Waals surface area contributed by atoms with E-state index in [-0.39, 0.29) is 23.7 Å². The van der Waals surface area contributed by atoms with Crippen LogP contribution < -0.4 is 5.32 Å². The molecule has 0 aromatic carbocycles. The molecule has 0 saturated heterocycles. The van der Waals surface area contributed by atoms with Gasteiger partial charge in [0.1, 0.15) is 6.04 Å². The number of carbonyl (C=O) groups is 2. The molecule has 22 heavy (non-hydrogen) atoms. The number of nitrogens with zero attached hydrogens (tertiary/aromatic N) is 1. The lowest BCUT2D eigenvalue weighted by Crippen LogP contribution is -2.49. The molecule has 0 aromatic rings. The first-order valence-electron chi connectivity index (χ1n) is 8.70. The van der Waals surface area contributed by atoms with Gasteiger partial charge in [0.2, 0.25) is 5.91 Å². The summed E-state index contributed by atoms with van der Waals surface area (Å²) < 4.78 is 0. The monoisotopic (exact) mass is 308 g/mol. The molecule has 1 N–H and O–H groups in total. The van der Waals surface area contributed by atoms with Crippen LogP contribution in [0.4, 0.5) is 0 Å². The molecule has 0 unspecified atom stereocenters. The van der Waals surface area contributed by atoms with Crippen molar-refractivity contribution < 1.29 is 9.59 Å². The summed E-state index contributed by atoms with van der Waals surface area (Å²) in [5.41, 5.74) is 1.79. The van der Waals surface area contributed by atoms with Crippen molar-refractivity contribution in [2.45, 2.75) is 72.8 Å². The zero-order valence-electron chi connectivity index (χ0n) is 14.9. The van der Waals surface area contributed by atoms with Gasteiger partial charge < -0.3 is 10.2 Å². The highest BCUT2D eigenvalue weighted by Crippen LogP contribution is 2.22. The molecule has 0 heterocycles. The van der Waals surface area contributed by atoms with Crippen LogP contribution in [0.15, 0.2) is 11.3 Å². The SMILES string of the molecule is CCN(CC)C(=O)[C@@H](N/C(C)=C1/CCCCCC1=O)C(C)C. The number of likely N-dealkylation sites (N-methyl/N-ethyl adjacent to an activating group) is 1. The molecule has 1 rings (SSSR count). The first kappa shape index (κ1) is 18.7. The Morgan fingerprint density at radius 3 is 2.27 bits per heavy atom. The Morgan fingerprint density at radius 2 is 1.73 bits per heavy atom. The molecule has 1 aliphatic carbocycles. The van der Waals surface area contributed by atoms with E-state index >= 15 is 0 Å². The van der Waals surface area contributed by atoms with Gasteiger partial charge in [-0.3, -0.25) is 9.59 Å². The maximum absolute atomic E-state index is 12.7. The summed E-state index contributed by atoms with van der Waals surface area (Å²) in [6.45, 7) is 11.5. The Morgan fingerprint density at radius 1 is 1.14 bits per heavy atom. The third kappa shape index (κ3) is 4.85. The van der Waals surface area contributed by atoms with Crippen LogP contribution in [0.1, 0.15) is 66.7 Å². The smallest absolute Gasteiger partial charge is 0.245 e. The highest BCUT2D eigenvalue weighted by molar-refractivity contribution is 5.96. The van der Waals surface area contributed by atoms with Crippen LogP contribution in [-0.4, -0.2) is 35.7 Å². The van der Waals surface area contributed by atoms with E-state index in [0.29, 0.717) is 6.42 Å². The van der Waals surface area contributed by atoms with E-state index in [1.807, 2.05) is 39.5 Å². The van der Waals surface area contributed by atoms with E-state index in [1.165, 1.54) is 0 Å². The molecule has 4 heteroatoms. The van der Waals surface area contributed by atoms with E-state index in [9.17, 15) is 9.59 Å². The molecule has 4 nitrogen and oxygen atoms in total. The fourth-order valence-corrected chi connectivity index (χ4v) is 3.02. The Labute approximate surface area is 135 Å². The lowest BCUT2D eigenvalue weighted by molar-refractivity contribution is -0.134. The highest BCUT2D eigenvalue weighted by atomic mass is 16.2. The fraction of sp³-hybridized carbons (Fsp3) is 0.778. The van der Waals surface area contributed by atoms with Crippen molar-refractivity contribution in [2.24, 2.45) is 5.92 Å². The number of amides is 1. The first-order chi connectivity index (χ1) is 10.4. The van der Waals surface area contributed by atoms with Gasteiger partial charge in [0.05, 0.1) is 0 Å². The average molecular weight is 308 g/mol. The Balaban J connectivity index is 2.94. The molecule has 0 aliphatic heterocycles. The van der Waals surface area contributed by atoms with Gasteiger partial charge in [-0.1, -0.05) is 20.3 Å². The lowest BCUT2D eigenvalue weighted by Gasteiger charge is -2.29. The van der Waals surface area contributed by atoms with Gasteiger partial charge in [0, 0.05) is 30.8 Å². The van der Waals surface area contributed by atoms with Crippen LogP contribution in [0.3, 0.4) is 0 Å². The minimum atomic E-state index is -0.261. The maximum Gasteiger partial charge on any atom is 0.245 e. The summed E-state index contributed by atoms with van der Waals surface area (Å²) in [5, 5.41) is 3.36. The van der Waals surface area contributed by atoms with Gasteiger partial charge in [-0.15, -0.1) is 0 Å². The van der Waals surface area contributed by atoms with Crippen molar-refractivity contribution in [2.75, 3.05) is 13.1 Å². The standard InChI is InChI=1S/C18H32N2O2/c1-6-20(7-2)18(22)17(13(3)4)19-14(5)15-11-9-8-10-12-16(15)21/h13,17,19H,6-12H2,1-5H3/b15-14-/t17-/m0/s1. The predicted octanol–water partition coefficient (Wildman–Crippen LogP) is 3.28. The molecule has 0 radical (unpaired) electrons. The van der Waals surface area contributed by atoms with Gasteiger partial charge in [-0.05, 0) is 46.0 Å². The number of hydrogen-bond acceptors (Lipinski definition) is 3. The van der Waals surface area contributed by atoms with Crippen molar-refractivity contribution >= 4 is 11.7 Å². The molecule has 1 amide bonds. The molecule has 0 spiro atoms. The highest BCUT2D eigenvalue weighted by Gasteiger charge is 2.27. The largest absolute Gasteiger partial charge is 0.377 e. The Kier molecular flexibility index (Phi) is 7.63.